The SMILES string of the molecule is CCC1CCN(CC(=O)C(C)(C)C)CC1.CCC1CCN(CCC(=O)C(C)(C)C)CC1. The number of ketones is 2. The number of nitrogens with zero attached hydrogens (tertiary/aromatic N) is 2. The first kappa shape index (κ1) is 28.3. The van der Waals surface area contributed by atoms with Gasteiger partial charge in [0.2, 0.25) is 0 Å². The minimum absolute atomic E-state index is 0.165. The highest BCUT2D eigenvalue weighted by molar-refractivity contribution is 5.85. The van der Waals surface area contributed by atoms with Crippen LogP contribution in [0.3, 0.4) is 0 Å². The molecule has 2 heterocycles. The number of hydrogen-bond acceptors (Lipinski definition) is 4. The van der Waals surface area contributed by atoms with E-state index in [2.05, 4.69) is 23.6 Å². The van der Waals surface area contributed by atoms with E-state index in [0.717, 1.165) is 37.9 Å². The lowest BCUT2D eigenvalue weighted by Crippen LogP contribution is -2.40. The van der Waals surface area contributed by atoms with Crippen LogP contribution in [0, 0.1) is 22.7 Å². The number of carbonyl (C=O) groups excluding carboxylic acids is 2. The molecule has 0 saturated carbocycles. The lowest BCUT2D eigenvalue weighted by Gasteiger charge is -2.32. The monoisotopic (exact) mass is 436 g/mol. The van der Waals surface area contributed by atoms with Gasteiger partial charge in [0, 0.05) is 23.8 Å². The topological polar surface area (TPSA) is 40.6 Å². The molecule has 2 rings (SSSR count). The van der Waals surface area contributed by atoms with Gasteiger partial charge in [-0.1, -0.05) is 68.2 Å². The first-order chi connectivity index (χ1) is 14.4. The third-order valence-corrected chi connectivity index (χ3v) is 7.26. The number of hydrogen-bond donors (Lipinski definition) is 0. The molecule has 0 atom stereocenters. The summed E-state index contributed by atoms with van der Waals surface area (Å²) >= 11 is 0. The third kappa shape index (κ3) is 11.1. The first-order valence-electron chi connectivity index (χ1n) is 12.9. The maximum atomic E-state index is 11.8. The molecule has 0 amide bonds. The van der Waals surface area contributed by atoms with Gasteiger partial charge in [-0.15, -0.1) is 0 Å². The molecule has 0 bridgehead atoms. The van der Waals surface area contributed by atoms with E-state index in [4.69, 9.17) is 0 Å². The van der Waals surface area contributed by atoms with Crippen LogP contribution >= 0.6 is 0 Å². The van der Waals surface area contributed by atoms with Gasteiger partial charge in [0.05, 0.1) is 6.54 Å². The van der Waals surface area contributed by atoms with Crippen LogP contribution in [0.15, 0.2) is 0 Å². The van der Waals surface area contributed by atoms with Crippen molar-refractivity contribution in [1.82, 2.24) is 9.80 Å². The Morgan fingerprint density at radius 3 is 1.42 bits per heavy atom. The smallest absolute Gasteiger partial charge is 0.152 e. The summed E-state index contributed by atoms with van der Waals surface area (Å²) in [4.78, 5) is 28.4. The molecule has 0 unspecified atom stereocenters. The zero-order valence-electron chi connectivity index (χ0n) is 22.1. The predicted molar refractivity (Wildman–Crippen MR) is 132 cm³/mol. The normalized spacial score (nSPS) is 20.3. The lowest BCUT2D eigenvalue weighted by atomic mass is 9.88. The largest absolute Gasteiger partial charge is 0.303 e. The Morgan fingerprint density at radius 2 is 1.06 bits per heavy atom. The number of rotatable bonds is 7. The molecule has 182 valence electrons. The molecule has 0 aromatic rings. The minimum Gasteiger partial charge on any atom is -0.303 e. The fraction of sp³-hybridized carbons (Fsp3) is 0.926. The molecule has 0 aromatic carbocycles. The van der Waals surface area contributed by atoms with E-state index in [1.165, 1.54) is 51.6 Å². The highest BCUT2D eigenvalue weighted by Crippen LogP contribution is 2.23. The van der Waals surface area contributed by atoms with E-state index in [1.54, 1.807) is 0 Å². The molecule has 4 heteroatoms. The Morgan fingerprint density at radius 1 is 0.677 bits per heavy atom. The maximum Gasteiger partial charge on any atom is 0.152 e. The van der Waals surface area contributed by atoms with Crippen molar-refractivity contribution < 1.29 is 9.59 Å². The summed E-state index contributed by atoms with van der Waals surface area (Å²) < 4.78 is 0. The molecule has 2 aliphatic heterocycles. The van der Waals surface area contributed by atoms with Gasteiger partial charge < -0.3 is 4.90 Å². The summed E-state index contributed by atoms with van der Waals surface area (Å²) in [5.74, 6) is 2.59. The Bertz CT molecular complexity index is 528. The highest BCUT2D eigenvalue weighted by Gasteiger charge is 2.26. The number of piperidine rings is 2. The molecule has 0 aliphatic carbocycles. The van der Waals surface area contributed by atoms with Crippen molar-refractivity contribution in [3.63, 3.8) is 0 Å². The minimum atomic E-state index is -0.179. The van der Waals surface area contributed by atoms with E-state index in [9.17, 15) is 9.59 Å². The Balaban J connectivity index is 0.000000311. The van der Waals surface area contributed by atoms with E-state index in [0.29, 0.717) is 18.1 Å². The van der Waals surface area contributed by atoms with Gasteiger partial charge in [-0.2, -0.15) is 0 Å². The standard InChI is InChI=1S/C14H27NO.C13H25NO/c1-5-12-6-9-15(10-7-12)11-8-13(16)14(2,3)4;1-5-11-6-8-14(9-7-11)10-12(15)13(2,3)4/h12H,5-11H2,1-4H3;11H,5-10H2,1-4H3. The van der Waals surface area contributed by atoms with Crippen molar-refractivity contribution in [2.24, 2.45) is 22.7 Å². The molecule has 2 aliphatic rings. The third-order valence-electron chi connectivity index (χ3n) is 7.26. The second kappa shape index (κ2) is 13.1. The van der Waals surface area contributed by atoms with Crippen molar-refractivity contribution in [1.29, 1.82) is 0 Å². The molecular weight excluding hydrogens is 384 g/mol. The molecule has 0 N–H and O–H groups in total. The Kier molecular flexibility index (Phi) is 11.9. The van der Waals surface area contributed by atoms with Crippen LogP contribution in [0.5, 0.6) is 0 Å². The Labute approximate surface area is 193 Å². The van der Waals surface area contributed by atoms with E-state index >= 15 is 0 Å². The maximum absolute atomic E-state index is 11.8. The molecule has 4 nitrogen and oxygen atoms in total. The quantitative estimate of drug-likeness (QED) is 0.503. The van der Waals surface area contributed by atoms with Gasteiger partial charge >= 0.3 is 0 Å². The lowest BCUT2D eigenvalue weighted by molar-refractivity contribution is -0.128. The van der Waals surface area contributed by atoms with Crippen LogP contribution in [0.1, 0.15) is 100 Å². The second-order valence-electron chi connectivity index (χ2n) is 11.9. The summed E-state index contributed by atoms with van der Waals surface area (Å²) in [5.41, 5.74) is -0.344. The zero-order chi connectivity index (χ0) is 23.7. The van der Waals surface area contributed by atoms with Crippen molar-refractivity contribution in [3.05, 3.63) is 0 Å². The van der Waals surface area contributed by atoms with Gasteiger partial charge in [0.1, 0.15) is 5.78 Å². The van der Waals surface area contributed by atoms with Gasteiger partial charge in [-0.3, -0.25) is 14.5 Å². The fourth-order valence-corrected chi connectivity index (χ4v) is 4.25. The average Bonchev–Trinajstić information content (AvgIpc) is 2.72. The molecule has 0 spiro atoms. The number of likely N-dealkylation sites (tertiary alicyclic amines) is 2. The molecule has 0 aromatic heterocycles. The van der Waals surface area contributed by atoms with Crippen molar-refractivity contribution in [2.75, 3.05) is 39.3 Å². The second-order valence-corrected chi connectivity index (χ2v) is 11.9. The van der Waals surface area contributed by atoms with Crippen molar-refractivity contribution >= 4 is 11.6 Å². The van der Waals surface area contributed by atoms with Crippen LogP contribution in [0.2, 0.25) is 0 Å². The summed E-state index contributed by atoms with van der Waals surface area (Å²) in [5, 5.41) is 0. The van der Waals surface area contributed by atoms with Crippen LogP contribution in [-0.2, 0) is 9.59 Å². The van der Waals surface area contributed by atoms with Crippen LogP contribution < -0.4 is 0 Å². The highest BCUT2D eigenvalue weighted by atomic mass is 16.1. The fourth-order valence-electron chi connectivity index (χ4n) is 4.25. The van der Waals surface area contributed by atoms with Crippen LogP contribution in [0.25, 0.3) is 0 Å². The zero-order valence-corrected chi connectivity index (χ0v) is 22.1. The van der Waals surface area contributed by atoms with Gasteiger partial charge in [-0.05, 0) is 63.7 Å². The van der Waals surface area contributed by atoms with Gasteiger partial charge in [-0.25, -0.2) is 0 Å². The number of carbonyl (C=O) groups is 2. The van der Waals surface area contributed by atoms with E-state index in [1.807, 2.05) is 41.5 Å². The predicted octanol–water partition coefficient (Wildman–Crippen LogP) is 5.84. The Hall–Kier alpha value is -0.740. The molecule has 0 radical (unpaired) electrons. The average molecular weight is 437 g/mol. The van der Waals surface area contributed by atoms with Crippen molar-refractivity contribution in [3.8, 4) is 0 Å². The van der Waals surface area contributed by atoms with Crippen LogP contribution in [0.4, 0.5) is 0 Å². The first-order valence-corrected chi connectivity index (χ1v) is 12.9. The van der Waals surface area contributed by atoms with Gasteiger partial charge in [0.15, 0.2) is 5.78 Å². The summed E-state index contributed by atoms with van der Waals surface area (Å²) in [6.07, 6.45) is 8.51. The number of Topliss-reactive ketones (excluding diaryl/α,β-unsaturated/α-hetero) is 2. The van der Waals surface area contributed by atoms with Crippen LogP contribution in [-0.4, -0.2) is 60.6 Å². The molecule has 31 heavy (non-hydrogen) atoms. The molecule has 2 saturated heterocycles. The molecular formula is C27H52N2O2. The molecule has 2 fully saturated rings. The van der Waals surface area contributed by atoms with Gasteiger partial charge in [0.25, 0.3) is 0 Å². The van der Waals surface area contributed by atoms with Crippen molar-refractivity contribution in [2.45, 2.75) is 100 Å². The summed E-state index contributed by atoms with van der Waals surface area (Å²) in [6, 6.07) is 0. The van der Waals surface area contributed by atoms with E-state index < -0.39 is 0 Å². The summed E-state index contributed by atoms with van der Waals surface area (Å²) in [7, 11) is 0. The van der Waals surface area contributed by atoms with E-state index in [-0.39, 0.29) is 10.8 Å². The summed E-state index contributed by atoms with van der Waals surface area (Å²) in [6.45, 7) is 22.8.